The Bertz CT molecular complexity index is 1190. The lowest BCUT2D eigenvalue weighted by Crippen LogP contribution is -2.13. The first-order chi connectivity index (χ1) is 16.0. The molecule has 0 unspecified atom stereocenters. The zero-order valence-corrected chi connectivity index (χ0v) is 19.1. The molecule has 1 amide bonds. The number of ether oxygens (including phenoxy) is 3. The molecule has 0 atom stereocenters. The molecule has 0 aliphatic rings. The van der Waals surface area contributed by atoms with Gasteiger partial charge in [0.1, 0.15) is 24.0 Å². The van der Waals surface area contributed by atoms with Gasteiger partial charge in [-0.05, 0) is 48.4 Å². The number of anilines is 1. The predicted octanol–water partition coefficient (Wildman–Crippen LogP) is 5.87. The highest BCUT2D eigenvalue weighted by Crippen LogP contribution is 2.37. The molecule has 33 heavy (non-hydrogen) atoms. The Morgan fingerprint density at radius 2 is 1.88 bits per heavy atom. The summed E-state index contributed by atoms with van der Waals surface area (Å²) in [5, 5.41) is 12.6. The van der Waals surface area contributed by atoms with Gasteiger partial charge in [0.25, 0.3) is 5.91 Å². The topological polar surface area (TPSA) is 80.6 Å². The number of carbonyl (C=O) groups is 1. The van der Waals surface area contributed by atoms with Gasteiger partial charge in [0, 0.05) is 11.8 Å². The Morgan fingerprint density at radius 3 is 2.58 bits per heavy atom. The van der Waals surface area contributed by atoms with Gasteiger partial charge >= 0.3 is 0 Å². The smallest absolute Gasteiger partial charge is 0.266 e. The molecule has 0 aromatic heterocycles. The number of hydrogen-bond donors (Lipinski definition) is 1. The summed E-state index contributed by atoms with van der Waals surface area (Å²) in [6.07, 6.45) is 1.44. The minimum Gasteiger partial charge on any atom is -0.494 e. The van der Waals surface area contributed by atoms with Crippen molar-refractivity contribution in [2.45, 2.75) is 13.5 Å². The zero-order chi connectivity index (χ0) is 23.6. The zero-order valence-electron chi connectivity index (χ0n) is 18.3. The van der Waals surface area contributed by atoms with Gasteiger partial charge in [-0.15, -0.1) is 0 Å². The number of hydrogen-bond acceptors (Lipinski definition) is 5. The predicted molar refractivity (Wildman–Crippen MR) is 129 cm³/mol. The van der Waals surface area contributed by atoms with Crippen LogP contribution < -0.4 is 19.5 Å². The van der Waals surface area contributed by atoms with Crippen LogP contribution in [0.4, 0.5) is 5.69 Å². The molecule has 0 radical (unpaired) electrons. The lowest BCUT2D eigenvalue weighted by atomic mass is 10.1. The van der Waals surface area contributed by atoms with Crippen LogP contribution in [0.15, 0.2) is 72.3 Å². The van der Waals surface area contributed by atoms with Crippen LogP contribution in [0, 0.1) is 11.3 Å². The van der Waals surface area contributed by atoms with Crippen molar-refractivity contribution in [2.24, 2.45) is 0 Å². The van der Waals surface area contributed by atoms with Gasteiger partial charge in [-0.2, -0.15) is 5.26 Å². The first-order valence-corrected chi connectivity index (χ1v) is 10.6. The fourth-order valence-electron chi connectivity index (χ4n) is 3.04. The molecule has 0 saturated carbocycles. The molecule has 0 fully saturated rings. The molecule has 6 nitrogen and oxygen atoms in total. The van der Waals surface area contributed by atoms with E-state index in [0.717, 1.165) is 5.56 Å². The molecule has 0 aliphatic heterocycles. The average molecular weight is 463 g/mol. The summed E-state index contributed by atoms with van der Waals surface area (Å²) in [5.41, 5.74) is 1.94. The monoisotopic (exact) mass is 462 g/mol. The van der Waals surface area contributed by atoms with E-state index in [1.807, 2.05) is 43.3 Å². The second-order valence-electron chi connectivity index (χ2n) is 6.89. The summed E-state index contributed by atoms with van der Waals surface area (Å²) in [5.74, 6) is 0.855. The second kappa shape index (κ2) is 11.6. The molecule has 0 saturated heterocycles. The maximum atomic E-state index is 12.7. The third-order valence-corrected chi connectivity index (χ3v) is 4.84. The van der Waals surface area contributed by atoms with E-state index >= 15 is 0 Å². The quantitative estimate of drug-likeness (QED) is 0.317. The molecule has 0 bridgehead atoms. The van der Waals surface area contributed by atoms with Gasteiger partial charge < -0.3 is 19.5 Å². The fraction of sp³-hybridized carbons (Fsp3) is 0.154. The Hall–Kier alpha value is -3.95. The number of nitrogens with zero attached hydrogens (tertiary/aromatic N) is 1. The SMILES string of the molecule is CCOc1cccc(NC(=O)/C(C#N)=C\c2cc(Cl)c(OCc3ccccc3)c(OC)c2)c1. The molecule has 3 aromatic rings. The Labute approximate surface area is 198 Å². The van der Waals surface area contributed by atoms with Crippen molar-refractivity contribution in [2.75, 3.05) is 19.0 Å². The third-order valence-electron chi connectivity index (χ3n) is 4.56. The second-order valence-corrected chi connectivity index (χ2v) is 7.30. The van der Waals surface area contributed by atoms with E-state index in [9.17, 15) is 10.1 Å². The highest BCUT2D eigenvalue weighted by molar-refractivity contribution is 6.32. The van der Waals surface area contributed by atoms with Crippen molar-refractivity contribution in [1.29, 1.82) is 5.26 Å². The van der Waals surface area contributed by atoms with Crippen molar-refractivity contribution >= 4 is 29.3 Å². The van der Waals surface area contributed by atoms with Crippen LogP contribution in [0.2, 0.25) is 5.02 Å². The number of benzene rings is 3. The number of methoxy groups -OCH3 is 1. The fourth-order valence-corrected chi connectivity index (χ4v) is 3.31. The summed E-state index contributed by atoms with van der Waals surface area (Å²) in [7, 11) is 1.50. The van der Waals surface area contributed by atoms with Crippen LogP contribution in [-0.2, 0) is 11.4 Å². The minimum absolute atomic E-state index is 0.0899. The summed E-state index contributed by atoms with van der Waals surface area (Å²) in [6.45, 7) is 2.70. The standard InChI is InChI=1S/C26H23ClN2O4/c1-3-32-22-11-7-10-21(15-22)29-26(30)20(16-28)12-19-13-23(27)25(24(14-19)31-2)33-17-18-8-5-4-6-9-18/h4-15H,3,17H2,1-2H3,(H,29,30)/b20-12-. The van der Waals surface area contributed by atoms with Crippen molar-refractivity contribution in [3.05, 3.63) is 88.5 Å². The maximum Gasteiger partial charge on any atom is 0.266 e. The molecular weight excluding hydrogens is 440 g/mol. The van der Waals surface area contributed by atoms with Gasteiger partial charge in [0.15, 0.2) is 11.5 Å². The molecule has 1 N–H and O–H groups in total. The molecule has 0 spiro atoms. The van der Waals surface area contributed by atoms with E-state index in [-0.39, 0.29) is 5.57 Å². The molecule has 168 valence electrons. The molecule has 0 heterocycles. The van der Waals surface area contributed by atoms with E-state index in [1.54, 1.807) is 36.4 Å². The summed E-state index contributed by atoms with van der Waals surface area (Å²) < 4.78 is 16.7. The third kappa shape index (κ3) is 6.52. The first-order valence-electron chi connectivity index (χ1n) is 10.2. The Morgan fingerprint density at radius 1 is 1.09 bits per heavy atom. The van der Waals surface area contributed by atoms with Crippen molar-refractivity contribution in [3.63, 3.8) is 0 Å². The van der Waals surface area contributed by atoms with Crippen molar-refractivity contribution < 1.29 is 19.0 Å². The highest BCUT2D eigenvalue weighted by Gasteiger charge is 2.15. The number of nitrogens with one attached hydrogen (secondary N) is 1. The Kier molecular flexibility index (Phi) is 8.34. The average Bonchev–Trinajstić information content (AvgIpc) is 2.82. The summed E-state index contributed by atoms with van der Waals surface area (Å²) >= 11 is 6.43. The van der Waals surface area contributed by atoms with Crippen LogP contribution in [0.3, 0.4) is 0 Å². The Balaban J connectivity index is 1.80. The van der Waals surface area contributed by atoms with Gasteiger partial charge in [-0.25, -0.2) is 0 Å². The van der Waals surface area contributed by atoms with Crippen LogP contribution in [0.5, 0.6) is 17.2 Å². The van der Waals surface area contributed by atoms with E-state index in [0.29, 0.717) is 46.7 Å². The number of rotatable bonds is 9. The van der Waals surface area contributed by atoms with Gasteiger partial charge in [0.05, 0.1) is 18.7 Å². The van der Waals surface area contributed by atoms with E-state index in [4.69, 9.17) is 25.8 Å². The molecular formula is C26H23ClN2O4. The number of nitriles is 1. The van der Waals surface area contributed by atoms with E-state index in [2.05, 4.69) is 5.32 Å². The van der Waals surface area contributed by atoms with Crippen LogP contribution in [0.25, 0.3) is 6.08 Å². The summed E-state index contributed by atoms with van der Waals surface area (Å²) in [6, 6.07) is 21.8. The van der Waals surface area contributed by atoms with Gasteiger partial charge in [-0.3, -0.25) is 4.79 Å². The number of halogens is 1. The first kappa shape index (κ1) is 23.7. The number of amides is 1. The number of carbonyl (C=O) groups excluding carboxylic acids is 1. The summed E-state index contributed by atoms with van der Waals surface area (Å²) in [4.78, 5) is 12.7. The van der Waals surface area contributed by atoms with E-state index < -0.39 is 5.91 Å². The van der Waals surface area contributed by atoms with E-state index in [1.165, 1.54) is 13.2 Å². The lowest BCUT2D eigenvalue weighted by molar-refractivity contribution is -0.112. The molecule has 3 rings (SSSR count). The highest BCUT2D eigenvalue weighted by atomic mass is 35.5. The normalized spacial score (nSPS) is 10.8. The lowest BCUT2D eigenvalue weighted by Gasteiger charge is -2.13. The van der Waals surface area contributed by atoms with Crippen molar-refractivity contribution in [1.82, 2.24) is 0 Å². The maximum absolute atomic E-state index is 12.7. The minimum atomic E-state index is -0.550. The molecule has 0 aliphatic carbocycles. The molecule has 3 aromatic carbocycles. The van der Waals surface area contributed by atoms with Crippen molar-refractivity contribution in [3.8, 4) is 23.3 Å². The largest absolute Gasteiger partial charge is 0.494 e. The van der Waals surface area contributed by atoms with Crippen LogP contribution in [0.1, 0.15) is 18.1 Å². The van der Waals surface area contributed by atoms with Crippen LogP contribution >= 0.6 is 11.6 Å². The van der Waals surface area contributed by atoms with Crippen LogP contribution in [-0.4, -0.2) is 19.6 Å². The van der Waals surface area contributed by atoms with Gasteiger partial charge in [0.2, 0.25) is 0 Å². The van der Waals surface area contributed by atoms with Gasteiger partial charge in [-0.1, -0.05) is 48.0 Å². The molecule has 7 heteroatoms.